The van der Waals surface area contributed by atoms with Crippen molar-refractivity contribution in [2.24, 2.45) is 0 Å². The maximum Gasteiger partial charge on any atom is 0.196 e. The first-order valence-corrected chi connectivity index (χ1v) is 11.9. The van der Waals surface area contributed by atoms with Gasteiger partial charge in [-0.25, -0.2) is 0 Å². The van der Waals surface area contributed by atoms with Crippen molar-refractivity contribution in [1.82, 2.24) is 14.8 Å². The monoisotopic (exact) mass is 459 g/mol. The molecule has 0 atom stereocenters. The molecule has 0 aliphatic carbocycles. The van der Waals surface area contributed by atoms with E-state index < -0.39 is 0 Å². The lowest BCUT2D eigenvalue weighted by molar-refractivity contribution is 0.590. The Hall–Kier alpha value is -2.82. The van der Waals surface area contributed by atoms with Crippen LogP contribution in [0.1, 0.15) is 31.9 Å². The molecule has 0 spiro atoms. The smallest absolute Gasteiger partial charge is 0.196 e. The van der Waals surface area contributed by atoms with Crippen molar-refractivity contribution in [2.45, 2.75) is 31.3 Å². The van der Waals surface area contributed by atoms with E-state index in [1.807, 2.05) is 42.5 Å². The summed E-state index contributed by atoms with van der Waals surface area (Å²) in [5.41, 5.74) is 4.61. The normalized spacial score (nSPS) is 11.9. The van der Waals surface area contributed by atoms with Crippen LogP contribution < -0.4 is 0 Å². The first-order chi connectivity index (χ1) is 15.4. The minimum atomic E-state index is 0.106. The highest BCUT2D eigenvalue weighted by molar-refractivity contribution is 7.99. The number of halogens is 1. The molecule has 0 amide bonds. The van der Waals surface area contributed by atoms with Crippen LogP contribution in [0.3, 0.4) is 0 Å². The number of aromatic nitrogens is 3. The third-order valence-corrected chi connectivity index (χ3v) is 6.28. The minimum absolute atomic E-state index is 0.106. The standard InChI is InChI=1S/C27H26ClN3S/c1-27(2,3)22-13-11-21(12-14-22)25-29-30-26(31(25)24-17-15-23(28)16-18-24)32-19-7-10-20-8-5-4-6-9-20/h4-18H,19H2,1-3H3. The molecule has 0 fully saturated rings. The Bertz CT molecular complexity index is 1190. The van der Waals surface area contributed by atoms with Crippen LogP contribution in [0.2, 0.25) is 5.02 Å². The molecule has 1 aromatic heterocycles. The summed E-state index contributed by atoms with van der Waals surface area (Å²) in [7, 11) is 0. The fraction of sp³-hybridized carbons (Fsp3) is 0.185. The summed E-state index contributed by atoms with van der Waals surface area (Å²) in [6, 6.07) is 26.7. The molecule has 0 aliphatic rings. The number of hydrogen-bond donors (Lipinski definition) is 0. The maximum atomic E-state index is 6.14. The topological polar surface area (TPSA) is 30.7 Å². The van der Waals surface area contributed by atoms with Gasteiger partial charge in [-0.15, -0.1) is 10.2 Å². The number of nitrogens with zero attached hydrogens (tertiary/aromatic N) is 3. The van der Waals surface area contributed by atoms with E-state index in [0.717, 1.165) is 28.0 Å². The molecule has 0 radical (unpaired) electrons. The van der Waals surface area contributed by atoms with E-state index in [4.69, 9.17) is 11.6 Å². The Morgan fingerprint density at radius 1 is 0.875 bits per heavy atom. The predicted molar refractivity (Wildman–Crippen MR) is 137 cm³/mol. The van der Waals surface area contributed by atoms with Crippen molar-refractivity contribution in [2.75, 3.05) is 5.75 Å². The molecule has 0 saturated heterocycles. The Morgan fingerprint density at radius 3 is 2.22 bits per heavy atom. The van der Waals surface area contributed by atoms with Crippen molar-refractivity contribution in [3.63, 3.8) is 0 Å². The molecule has 32 heavy (non-hydrogen) atoms. The van der Waals surface area contributed by atoms with E-state index in [0.29, 0.717) is 5.02 Å². The summed E-state index contributed by atoms with van der Waals surface area (Å²) in [4.78, 5) is 0. The van der Waals surface area contributed by atoms with Gasteiger partial charge in [-0.05, 0) is 40.8 Å². The zero-order chi connectivity index (χ0) is 22.6. The molecule has 5 heteroatoms. The van der Waals surface area contributed by atoms with Crippen LogP contribution in [0.4, 0.5) is 0 Å². The maximum absolute atomic E-state index is 6.14. The third-order valence-electron chi connectivity index (χ3n) is 5.15. The van der Waals surface area contributed by atoms with Gasteiger partial charge in [0.25, 0.3) is 0 Å². The van der Waals surface area contributed by atoms with Gasteiger partial charge >= 0.3 is 0 Å². The van der Waals surface area contributed by atoms with Crippen LogP contribution in [0.25, 0.3) is 23.2 Å². The zero-order valence-electron chi connectivity index (χ0n) is 18.5. The zero-order valence-corrected chi connectivity index (χ0v) is 20.1. The second-order valence-electron chi connectivity index (χ2n) is 8.57. The van der Waals surface area contributed by atoms with Crippen molar-refractivity contribution < 1.29 is 0 Å². The van der Waals surface area contributed by atoms with E-state index in [9.17, 15) is 0 Å². The van der Waals surface area contributed by atoms with Gasteiger partial charge < -0.3 is 0 Å². The summed E-state index contributed by atoms with van der Waals surface area (Å²) in [6.45, 7) is 6.65. The minimum Gasteiger partial charge on any atom is -0.270 e. The van der Waals surface area contributed by atoms with Gasteiger partial charge in [-0.1, -0.05) is 111 Å². The van der Waals surface area contributed by atoms with Crippen molar-refractivity contribution >= 4 is 29.4 Å². The van der Waals surface area contributed by atoms with Crippen LogP contribution in [0.5, 0.6) is 0 Å². The van der Waals surface area contributed by atoms with Crippen LogP contribution in [-0.4, -0.2) is 20.5 Å². The molecule has 0 N–H and O–H groups in total. The van der Waals surface area contributed by atoms with Gasteiger partial charge in [0.05, 0.1) is 0 Å². The van der Waals surface area contributed by atoms with Crippen molar-refractivity contribution in [3.05, 3.63) is 101 Å². The lowest BCUT2D eigenvalue weighted by atomic mass is 9.87. The first-order valence-electron chi connectivity index (χ1n) is 10.6. The van der Waals surface area contributed by atoms with Crippen LogP contribution >= 0.6 is 23.4 Å². The highest BCUT2D eigenvalue weighted by Crippen LogP contribution is 2.30. The third kappa shape index (κ3) is 5.32. The average molecular weight is 460 g/mol. The Kier molecular flexibility index (Phi) is 6.83. The quantitative estimate of drug-likeness (QED) is 0.277. The van der Waals surface area contributed by atoms with Gasteiger partial charge in [0.1, 0.15) is 0 Å². The van der Waals surface area contributed by atoms with Crippen LogP contribution in [0.15, 0.2) is 90.1 Å². The van der Waals surface area contributed by atoms with E-state index in [1.165, 1.54) is 11.1 Å². The van der Waals surface area contributed by atoms with E-state index >= 15 is 0 Å². The second kappa shape index (κ2) is 9.76. The average Bonchev–Trinajstić information content (AvgIpc) is 3.21. The molecular weight excluding hydrogens is 434 g/mol. The molecule has 0 unspecified atom stereocenters. The lowest BCUT2D eigenvalue weighted by Gasteiger charge is -2.19. The molecule has 0 bridgehead atoms. The Balaban J connectivity index is 1.64. The summed E-state index contributed by atoms with van der Waals surface area (Å²) in [5.74, 6) is 1.62. The lowest BCUT2D eigenvalue weighted by Crippen LogP contribution is -2.10. The molecule has 0 saturated carbocycles. The van der Waals surface area contributed by atoms with E-state index in [1.54, 1.807) is 11.8 Å². The number of hydrogen-bond acceptors (Lipinski definition) is 3. The van der Waals surface area contributed by atoms with Crippen molar-refractivity contribution in [1.29, 1.82) is 0 Å². The molecule has 0 aliphatic heterocycles. The molecule has 4 aromatic rings. The highest BCUT2D eigenvalue weighted by Gasteiger charge is 2.18. The summed E-state index contributed by atoms with van der Waals surface area (Å²) >= 11 is 7.79. The largest absolute Gasteiger partial charge is 0.270 e. The number of thioether (sulfide) groups is 1. The molecule has 162 valence electrons. The van der Waals surface area contributed by atoms with Crippen LogP contribution in [-0.2, 0) is 5.41 Å². The second-order valence-corrected chi connectivity index (χ2v) is 9.99. The van der Waals surface area contributed by atoms with Gasteiger partial charge in [-0.2, -0.15) is 0 Å². The molecule has 4 rings (SSSR count). The Labute approximate surface area is 199 Å². The van der Waals surface area contributed by atoms with E-state index in [2.05, 4.69) is 84.1 Å². The fourth-order valence-electron chi connectivity index (χ4n) is 3.36. The number of rotatable bonds is 6. The fourth-order valence-corrected chi connectivity index (χ4v) is 4.25. The highest BCUT2D eigenvalue weighted by atomic mass is 35.5. The molecular formula is C27H26ClN3S. The van der Waals surface area contributed by atoms with Crippen LogP contribution in [0, 0.1) is 0 Å². The SMILES string of the molecule is CC(C)(C)c1ccc(-c2nnc(SCC=Cc3ccccc3)n2-c2ccc(Cl)cc2)cc1. The summed E-state index contributed by atoms with van der Waals surface area (Å²) in [6.07, 6.45) is 4.28. The summed E-state index contributed by atoms with van der Waals surface area (Å²) < 4.78 is 2.10. The molecule has 1 heterocycles. The first kappa shape index (κ1) is 22.4. The van der Waals surface area contributed by atoms with Crippen molar-refractivity contribution in [3.8, 4) is 17.1 Å². The van der Waals surface area contributed by atoms with Gasteiger partial charge in [0.15, 0.2) is 11.0 Å². The summed E-state index contributed by atoms with van der Waals surface area (Å²) in [5, 5.41) is 10.6. The van der Waals surface area contributed by atoms with Gasteiger partial charge in [0.2, 0.25) is 0 Å². The number of benzene rings is 3. The van der Waals surface area contributed by atoms with Gasteiger partial charge in [0, 0.05) is 22.0 Å². The molecule has 3 nitrogen and oxygen atoms in total. The van der Waals surface area contributed by atoms with Gasteiger partial charge in [-0.3, -0.25) is 4.57 Å². The Morgan fingerprint density at radius 2 is 1.56 bits per heavy atom. The predicted octanol–water partition coefficient (Wildman–Crippen LogP) is 7.69. The van der Waals surface area contributed by atoms with E-state index in [-0.39, 0.29) is 5.41 Å². The molecule has 3 aromatic carbocycles.